The predicted molar refractivity (Wildman–Crippen MR) is 96.9 cm³/mol. The monoisotopic (exact) mass is 317 g/mol. The van der Waals surface area contributed by atoms with Crippen LogP contribution in [0.25, 0.3) is 0 Å². The zero-order chi connectivity index (χ0) is 16.5. The summed E-state index contributed by atoms with van der Waals surface area (Å²) in [7, 11) is 1.85. The van der Waals surface area contributed by atoms with Crippen molar-refractivity contribution in [2.45, 2.75) is 45.6 Å². The maximum Gasteiger partial charge on any atom is 0.191 e. The highest BCUT2D eigenvalue weighted by atomic mass is 15.2. The number of pyridine rings is 1. The summed E-state index contributed by atoms with van der Waals surface area (Å²) in [4.78, 5) is 11.1. The Bertz CT molecular complexity index is 492. The van der Waals surface area contributed by atoms with Gasteiger partial charge in [-0.15, -0.1) is 0 Å². The van der Waals surface area contributed by atoms with E-state index < -0.39 is 0 Å². The van der Waals surface area contributed by atoms with Crippen molar-refractivity contribution in [1.29, 1.82) is 0 Å². The number of nitrogens with zero attached hydrogens (tertiary/aromatic N) is 3. The molecule has 5 nitrogen and oxygen atoms in total. The molecule has 23 heavy (non-hydrogen) atoms. The molecule has 1 aliphatic heterocycles. The second-order valence-corrected chi connectivity index (χ2v) is 6.31. The van der Waals surface area contributed by atoms with Crippen molar-refractivity contribution in [3.8, 4) is 0 Å². The molecule has 2 rings (SSSR count). The number of guanidine groups is 1. The van der Waals surface area contributed by atoms with Gasteiger partial charge in [0.15, 0.2) is 5.96 Å². The first kappa shape index (κ1) is 17.7. The highest BCUT2D eigenvalue weighted by molar-refractivity contribution is 5.79. The van der Waals surface area contributed by atoms with Gasteiger partial charge in [0.25, 0.3) is 0 Å². The second-order valence-electron chi connectivity index (χ2n) is 6.31. The predicted octanol–water partition coefficient (Wildman–Crippen LogP) is 1.97. The number of rotatable bonds is 6. The van der Waals surface area contributed by atoms with Gasteiger partial charge < -0.3 is 15.5 Å². The number of aliphatic imine (C=N–C) groups is 1. The fourth-order valence-electron chi connectivity index (χ4n) is 3.10. The van der Waals surface area contributed by atoms with Crippen molar-refractivity contribution >= 4 is 5.96 Å². The fourth-order valence-corrected chi connectivity index (χ4v) is 3.10. The lowest BCUT2D eigenvalue weighted by molar-refractivity contribution is 0.206. The molecule has 5 heteroatoms. The van der Waals surface area contributed by atoms with Crippen LogP contribution in [-0.4, -0.2) is 55.1 Å². The quantitative estimate of drug-likeness (QED) is 0.622. The highest BCUT2D eigenvalue weighted by Gasteiger charge is 2.19. The first-order valence-corrected chi connectivity index (χ1v) is 8.82. The molecule has 1 fully saturated rings. The van der Waals surface area contributed by atoms with Crippen LogP contribution >= 0.6 is 0 Å². The van der Waals surface area contributed by atoms with Crippen LogP contribution in [0.3, 0.4) is 0 Å². The summed E-state index contributed by atoms with van der Waals surface area (Å²) in [5, 5.41) is 7.00. The molecule has 2 N–H and O–H groups in total. The molecule has 1 aromatic rings. The van der Waals surface area contributed by atoms with Gasteiger partial charge in [-0.3, -0.25) is 9.98 Å². The smallest absolute Gasteiger partial charge is 0.191 e. The number of hydrogen-bond acceptors (Lipinski definition) is 3. The van der Waals surface area contributed by atoms with E-state index in [0.717, 1.165) is 18.9 Å². The minimum absolute atomic E-state index is 0.539. The van der Waals surface area contributed by atoms with Crippen LogP contribution in [0.15, 0.2) is 23.5 Å². The van der Waals surface area contributed by atoms with Crippen molar-refractivity contribution in [1.82, 2.24) is 20.5 Å². The Morgan fingerprint density at radius 1 is 1.39 bits per heavy atom. The summed E-state index contributed by atoms with van der Waals surface area (Å²) in [5.74, 6) is 0.922. The summed E-state index contributed by atoms with van der Waals surface area (Å²) in [6, 6.07) is 2.63. The zero-order valence-corrected chi connectivity index (χ0v) is 14.8. The van der Waals surface area contributed by atoms with Gasteiger partial charge in [-0.05, 0) is 56.3 Å². The molecule has 0 radical (unpaired) electrons. The van der Waals surface area contributed by atoms with Crippen molar-refractivity contribution < 1.29 is 0 Å². The molecule has 0 saturated carbocycles. The molecule has 0 amide bonds. The van der Waals surface area contributed by atoms with E-state index in [2.05, 4.69) is 45.4 Å². The van der Waals surface area contributed by atoms with E-state index in [9.17, 15) is 0 Å². The minimum Gasteiger partial charge on any atom is -0.356 e. The third-order valence-corrected chi connectivity index (χ3v) is 4.52. The van der Waals surface area contributed by atoms with E-state index in [1.807, 2.05) is 19.4 Å². The van der Waals surface area contributed by atoms with Gasteiger partial charge in [-0.1, -0.05) is 6.92 Å². The Morgan fingerprint density at radius 2 is 2.17 bits per heavy atom. The number of aryl methyl sites for hydroxylation is 1. The maximum absolute atomic E-state index is 4.36. The molecule has 0 atom stereocenters. The molecular weight excluding hydrogens is 286 g/mol. The number of piperidine rings is 1. The first-order valence-electron chi connectivity index (χ1n) is 8.82. The molecule has 1 aromatic heterocycles. The van der Waals surface area contributed by atoms with Gasteiger partial charge >= 0.3 is 0 Å². The number of hydrogen-bond donors (Lipinski definition) is 2. The standard InChI is InChI=1S/C18H31N5/c1-4-11-23-12-7-17(8-13-23)22-18(19-3)21-10-6-16-5-9-20-14-15(16)2/h5,9,14,17H,4,6-8,10-13H2,1-3H3,(H2,19,21,22). The molecule has 0 aliphatic carbocycles. The van der Waals surface area contributed by atoms with Crippen LogP contribution < -0.4 is 10.6 Å². The van der Waals surface area contributed by atoms with E-state index in [1.54, 1.807) is 0 Å². The zero-order valence-electron chi connectivity index (χ0n) is 14.8. The average molecular weight is 317 g/mol. The number of likely N-dealkylation sites (tertiary alicyclic amines) is 1. The van der Waals surface area contributed by atoms with Gasteiger partial charge in [0.2, 0.25) is 0 Å². The van der Waals surface area contributed by atoms with Crippen molar-refractivity contribution in [2.24, 2.45) is 4.99 Å². The third kappa shape index (κ3) is 5.82. The van der Waals surface area contributed by atoms with E-state index in [-0.39, 0.29) is 0 Å². The molecule has 0 unspecified atom stereocenters. The van der Waals surface area contributed by atoms with Gasteiger partial charge in [0.05, 0.1) is 0 Å². The number of nitrogens with one attached hydrogen (secondary N) is 2. The lowest BCUT2D eigenvalue weighted by Gasteiger charge is -2.32. The largest absolute Gasteiger partial charge is 0.356 e. The summed E-state index contributed by atoms with van der Waals surface area (Å²) in [6.45, 7) is 8.86. The van der Waals surface area contributed by atoms with E-state index in [4.69, 9.17) is 0 Å². The summed E-state index contributed by atoms with van der Waals surface area (Å²) in [5.41, 5.74) is 2.59. The molecule has 0 spiro atoms. The van der Waals surface area contributed by atoms with E-state index in [0.29, 0.717) is 6.04 Å². The van der Waals surface area contributed by atoms with E-state index >= 15 is 0 Å². The third-order valence-electron chi connectivity index (χ3n) is 4.52. The topological polar surface area (TPSA) is 52.5 Å². The average Bonchev–Trinajstić information content (AvgIpc) is 2.57. The van der Waals surface area contributed by atoms with Crippen LogP contribution in [0.1, 0.15) is 37.3 Å². The Morgan fingerprint density at radius 3 is 2.83 bits per heavy atom. The summed E-state index contributed by atoms with van der Waals surface area (Å²) >= 11 is 0. The minimum atomic E-state index is 0.539. The normalized spacial score (nSPS) is 17.3. The molecule has 2 heterocycles. The van der Waals surface area contributed by atoms with Crippen molar-refractivity contribution in [3.05, 3.63) is 29.6 Å². The van der Waals surface area contributed by atoms with Crippen LogP contribution in [0.5, 0.6) is 0 Å². The van der Waals surface area contributed by atoms with Crippen LogP contribution in [0.2, 0.25) is 0 Å². The van der Waals surface area contributed by atoms with Crippen LogP contribution in [0.4, 0.5) is 0 Å². The number of aromatic nitrogens is 1. The van der Waals surface area contributed by atoms with Crippen LogP contribution in [-0.2, 0) is 6.42 Å². The van der Waals surface area contributed by atoms with E-state index in [1.165, 1.54) is 50.0 Å². The fraction of sp³-hybridized carbons (Fsp3) is 0.667. The summed E-state index contributed by atoms with van der Waals surface area (Å²) < 4.78 is 0. The van der Waals surface area contributed by atoms with Gasteiger partial charge in [0, 0.05) is 45.1 Å². The first-order chi connectivity index (χ1) is 11.2. The maximum atomic E-state index is 4.36. The molecule has 128 valence electrons. The van der Waals surface area contributed by atoms with Crippen molar-refractivity contribution in [2.75, 3.05) is 33.2 Å². The lowest BCUT2D eigenvalue weighted by Crippen LogP contribution is -2.49. The SMILES string of the molecule is CCCN1CCC(NC(=NC)NCCc2ccncc2C)CC1. The van der Waals surface area contributed by atoms with Crippen molar-refractivity contribution in [3.63, 3.8) is 0 Å². The second kappa shape index (κ2) is 9.50. The highest BCUT2D eigenvalue weighted by Crippen LogP contribution is 2.10. The van der Waals surface area contributed by atoms with Crippen LogP contribution in [0, 0.1) is 6.92 Å². The summed E-state index contributed by atoms with van der Waals surface area (Å²) in [6.07, 6.45) is 8.42. The lowest BCUT2D eigenvalue weighted by atomic mass is 10.1. The molecule has 0 aromatic carbocycles. The Kier molecular flexibility index (Phi) is 7.33. The molecule has 0 bridgehead atoms. The van der Waals surface area contributed by atoms with Gasteiger partial charge in [-0.2, -0.15) is 0 Å². The Balaban J connectivity index is 1.71. The molecular formula is C18H31N5. The van der Waals surface area contributed by atoms with Gasteiger partial charge in [0.1, 0.15) is 0 Å². The molecule has 1 saturated heterocycles. The Labute approximate surface area is 140 Å². The van der Waals surface area contributed by atoms with Gasteiger partial charge in [-0.25, -0.2) is 0 Å². The molecule has 1 aliphatic rings. The Hall–Kier alpha value is -1.62.